The van der Waals surface area contributed by atoms with Crippen molar-refractivity contribution in [3.63, 3.8) is 0 Å². The largest absolute Gasteiger partial charge is 0.480 e. The smallest absolute Gasteiger partial charge is 0.323 e. The summed E-state index contributed by atoms with van der Waals surface area (Å²) in [6.45, 7) is 9.86. The topological polar surface area (TPSA) is 52.6 Å². The summed E-state index contributed by atoms with van der Waals surface area (Å²) in [5, 5.41) is 12.7. The molecule has 4 nitrogen and oxygen atoms in total. The molecule has 0 amide bonds. The fraction of sp³-hybridized carbons (Fsp3) is 0.938. The lowest BCUT2D eigenvalue weighted by atomic mass is 9.95. The lowest BCUT2D eigenvalue weighted by Gasteiger charge is -2.27. The predicted molar refractivity (Wildman–Crippen MR) is 80.8 cm³/mol. The molecule has 20 heavy (non-hydrogen) atoms. The number of likely N-dealkylation sites (tertiary alicyclic amines) is 1. The number of carbonyl (C=O) groups is 1. The Morgan fingerprint density at radius 2 is 2.10 bits per heavy atom. The van der Waals surface area contributed by atoms with Crippen LogP contribution in [0.2, 0.25) is 0 Å². The molecule has 0 radical (unpaired) electrons. The highest BCUT2D eigenvalue weighted by molar-refractivity contribution is 5.78. The number of hydrogen-bond donors (Lipinski definition) is 2. The van der Waals surface area contributed by atoms with Crippen molar-refractivity contribution in [2.45, 2.75) is 64.5 Å². The number of hydrogen-bond acceptors (Lipinski definition) is 3. The van der Waals surface area contributed by atoms with Gasteiger partial charge in [-0.15, -0.1) is 0 Å². The van der Waals surface area contributed by atoms with Gasteiger partial charge < -0.3 is 10.0 Å². The van der Waals surface area contributed by atoms with E-state index in [4.69, 9.17) is 0 Å². The van der Waals surface area contributed by atoms with Gasteiger partial charge in [0.1, 0.15) is 5.54 Å². The average molecular weight is 282 g/mol. The highest BCUT2D eigenvalue weighted by atomic mass is 16.4. The molecular weight excluding hydrogens is 252 g/mol. The van der Waals surface area contributed by atoms with Gasteiger partial charge in [-0.25, -0.2) is 0 Å². The first-order valence-corrected chi connectivity index (χ1v) is 8.14. The van der Waals surface area contributed by atoms with Crippen molar-refractivity contribution in [3.05, 3.63) is 0 Å². The van der Waals surface area contributed by atoms with Gasteiger partial charge in [-0.05, 0) is 64.0 Å². The van der Waals surface area contributed by atoms with Gasteiger partial charge in [0.25, 0.3) is 0 Å². The third-order valence-corrected chi connectivity index (χ3v) is 4.97. The van der Waals surface area contributed by atoms with Gasteiger partial charge in [0, 0.05) is 12.6 Å². The summed E-state index contributed by atoms with van der Waals surface area (Å²) in [5.41, 5.74) is -0.738. The molecular formula is C16H30N2O2. The minimum Gasteiger partial charge on any atom is -0.480 e. The van der Waals surface area contributed by atoms with Gasteiger partial charge in [0.15, 0.2) is 0 Å². The average Bonchev–Trinajstić information content (AvgIpc) is 3.04. The fourth-order valence-corrected chi connectivity index (χ4v) is 3.19. The van der Waals surface area contributed by atoms with Gasteiger partial charge in [0.2, 0.25) is 0 Å². The molecule has 2 atom stereocenters. The van der Waals surface area contributed by atoms with E-state index in [0.29, 0.717) is 6.04 Å². The second kappa shape index (κ2) is 6.44. The summed E-state index contributed by atoms with van der Waals surface area (Å²) >= 11 is 0. The quantitative estimate of drug-likeness (QED) is 0.717. The minimum atomic E-state index is -0.738. The van der Waals surface area contributed by atoms with Gasteiger partial charge in [-0.2, -0.15) is 0 Å². The van der Waals surface area contributed by atoms with Crippen molar-refractivity contribution < 1.29 is 9.90 Å². The molecule has 0 bridgehead atoms. The van der Waals surface area contributed by atoms with E-state index in [1.165, 1.54) is 19.5 Å². The van der Waals surface area contributed by atoms with E-state index in [-0.39, 0.29) is 0 Å². The number of nitrogens with zero attached hydrogens (tertiary/aromatic N) is 1. The summed E-state index contributed by atoms with van der Waals surface area (Å²) in [6.07, 6.45) is 5.25. The van der Waals surface area contributed by atoms with Crippen LogP contribution >= 0.6 is 0 Å². The number of rotatable bonds is 8. The molecule has 0 aromatic heterocycles. The van der Waals surface area contributed by atoms with E-state index < -0.39 is 11.5 Å². The van der Waals surface area contributed by atoms with Crippen molar-refractivity contribution >= 4 is 5.97 Å². The Hall–Kier alpha value is -0.610. The van der Waals surface area contributed by atoms with E-state index >= 15 is 0 Å². The zero-order chi connectivity index (χ0) is 14.8. The minimum absolute atomic E-state index is 0.438. The Morgan fingerprint density at radius 3 is 2.60 bits per heavy atom. The standard InChI is InChI=1S/C16H30N2O2/c1-12(2)13-7-10-18(11-13)9-4-8-16(3,15(19)20)17-14-5-6-14/h12-14,17H,4-11H2,1-3H3,(H,19,20). The van der Waals surface area contributed by atoms with Gasteiger partial charge in [0.05, 0.1) is 0 Å². The lowest BCUT2D eigenvalue weighted by molar-refractivity contribution is -0.144. The van der Waals surface area contributed by atoms with Crippen LogP contribution in [-0.4, -0.2) is 47.2 Å². The second-order valence-electron chi connectivity index (χ2n) is 7.25. The maximum absolute atomic E-state index is 11.5. The summed E-state index contributed by atoms with van der Waals surface area (Å²) < 4.78 is 0. The zero-order valence-corrected chi connectivity index (χ0v) is 13.2. The first-order valence-electron chi connectivity index (χ1n) is 8.14. The van der Waals surface area contributed by atoms with Gasteiger partial charge in [-0.3, -0.25) is 10.1 Å². The van der Waals surface area contributed by atoms with Crippen LogP contribution < -0.4 is 5.32 Å². The third-order valence-electron chi connectivity index (χ3n) is 4.97. The third kappa shape index (κ3) is 4.19. The van der Waals surface area contributed by atoms with Crippen LogP contribution in [0, 0.1) is 11.8 Å². The molecule has 1 aliphatic carbocycles. The normalized spacial score (nSPS) is 26.9. The Bertz CT molecular complexity index is 341. The van der Waals surface area contributed by atoms with Crippen LogP contribution in [0.4, 0.5) is 0 Å². The van der Waals surface area contributed by atoms with E-state index in [9.17, 15) is 9.90 Å². The number of aliphatic carboxylic acids is 1. The highest BCUT2D eigenvalue weighted by Gasteiger charge is 2.38. The Morgan fingerprint density at radius 1 is 1.40 bits per heavy atom. The first-order chi connectivity index (χ1) is 9.40. The van der Waals surface area contributed by atoms with Crippen LogP contribution in [0.25, 0.3) is 0 Å². The van der Waals surface area contributed by atoms with Crippen molar-refractivity contribution in [1.29, 1.82) is 0 Å². The molecule has 0 aromatic rings. The SMILES string of the molecule is CC(C)C1CCN(CCCC(C)(NC2CC2)C(=O)O)C1. The van der Waals surface area contributed by atoms with Crippen LogP contribution in [-0.2, 0) is 4.79 Å². The monoisotopic (exact) mass is 282 g/mol. The molecule has 2 unspecified atom stereocenters. The molecule has 2 rings (SSSR count). The molecule has 0 aromatic carbocycles. The molecule has 1 saturated heterocycles. The molecule has 2 fully saturated rings. The van der Waals surface area contributed by atoms with Crippen LogP contribution in [0.1, 0.15) is 52.9 Å². The summed E-state index contributed by atoms with van der Waals surface area (Å²) in [5.74, 6) is 0.886. The highest BCUT2D eigenvalue weighted by Crippen LogP contribution is 2.26. The van der Waals surface area contributed by atoms with Gasteiger partial charge in [-0.1, -0.05) is 13.8 Å². The van der Waals surface area contributed by atoms with Crippen molar-refractivity contribution in [2.75, 3.05) is 19.6 Å². The summed E-state index contributed by atoms with van der Waals surface area (Å²) in [6, 6.07) is 0.438. The van der Waals surface area contributed by atoms with Crippen LogP contribution in [0.15, 0.2) is 0 Å². The maximum Gasteiger partial charge on any atom is 0.323 e. The fourth-order valence-electron chi connectivity index (χ4n) is 3.19. The van der Waals surface area contributed by atoms with Crippen molar-refractivity contribution in [1.82, 2.24) is 10.2 Å². The number of carboxylic acids is 1. The van der Waals surface area contributed by atoms with Crippen LogP contribution in [0.3, 0.4) is 0 Å². The molecule has 0 spiro atoms. The summed E-state index contributed by atoms with van der Waals surface area (Å²) in [4.78, 5) is 14.0. The molecule has 2 N–H and O–H groups in total. The lowest BCUT2D eigenvalue weighted by Crippen LogP contribution is -2.50. The van der Waals surface area contributed by atoms with Crippen molar-refractivity contribution in [3.8, 4) is 0 Å². The second-order valence-corrected chi connectivity index (χ2v) is 7.25. The first kappa shape index (κ1) is 15.8. The molecule has 116 valence electrons. The summed E-state index contributed by atoms with van der Waals surface area (Å²) in [7, 11) is 0. The molecule has 2 aliphatic rings. The predicted octanol–water partition coefficient (Wildman–Crippen LogP) is 2.34. The van der Waals surface area contributed by atoms with Crippen molar-refractivity contribution in [2.24, 2.45) is 11.8 Å². The molecule has 1 heterocycles. The van der Waals surface area contributed by atoms with E-state index in [2.05, 4.69) is 24.1 Å². The van der Waals surface area contributed by atoms with Crippen LogP contribution in [0.5, 0.6) is 0 Å². The van der Waals surface area contributed by atoms with E-state index in [1.54, 1.807) is 0 Å². The Labute approximate surface area is 122 Å². The molecule has 4 heteroatoms. The zero-order valence-electron chi connectivity index (χ0n) is 13.2. The number of carboxylic acid groups (broad SMARTS) is 1. The molecule has 1 saturated carbocycles. The Balaban J connectivity index is 1.72. The van der Waals surface area contributed by atoms with E-state index in [1.807, 2.05) is 6.92 Å². The van der Waals surface area contributed by atoms with E-state index in [0.717, 1.165) is 44.1 Å². The molecule has 1 aliphatic heterocycles. The maximum atomic E-state index is 11.5. The van der Waals surface area contributed by atoms with Gasteiger partial charge >= 0.3 is 5.97 Å². The number of nitrogens with one attached hydrogen (secondary N) is 1. The Kier molecular flexibility index (Phi) is 5.08.